The third kappa shape index (κ3) is 7.21. The molecule has 186 valence electrons. The summed E-state index contributed by atoms with van der Waals surface area (Å²) in [5.41, 5.74) is 0.384. The topological polar surface area (TPSA) is 113 Å². The molecule has 0 unspecified atom stereocenters. The summed E-state index contributed by atoms with van der Waals surface area (Å²) in [5.74, 6) is -1.46. The second-order valence-corrected chi connectivity index (χ2v) is 12.1. The van der Waals surface area contributed by atoms with E-state index in [0.29, 0.717) is 0 Å². The van der Waals surface area contributed by atoms with Crippen molar-refractivity contribution in [3.05, 3.63) is 81.5 Å². The number of hydrogen-bond acceptors (Lipinski definition) is 5. The molecule has 0 saturated heterocycles. The van der Waals surface area contributed by atoms with Gasteiger partial charge in [-0.1, -0.05) is 34.8 Å². The third-order valence-electron chi connectivity index (χ3n) is 4.44. The molecule has 0 aliphatic carbocycles. The molecular formula is C21H17Cl3FN3O5S2. The highest BCUT2D eigenvalue weighted by molar-refractivity contribution is 7.92. The number of halogens is 4. The van der Waals surface area contributed by atoms with Gasteiger partial charge in [0, 0.05) is 15.7 Å². The molecule has 0 heterocycles. The fourth-order valence-corrected chi connectivity index (χ4v) is 5.50. The molecule has 0 aliphatic heterocycles. The molecule has 0 aromatic heterocycles. The number of anilines is 3. The average Bonchev–Trinajstić information content (AvgIpc) is 2.72. The Labute approximate surface area is 216 Å². The standard InChI is InChI=1S/C21H17Cl3FN3O5S2/c1-34(30,31)28(17-4-7-20(25)19(24)11-17)12-21(29)26-15-2-5-18(6-3-15)35(32,33)27-16-9-13(22)8-14(23)10-16/h2-11,27H,12H2,1H3,(H,26,29). The minimum absolute atomic E-state index is 0.00249. The lowest BCUT2D eigenvalue weighted by Crippen LogP contribution is -2.37. The van der Waals surface area contributed by atoms with Gasteiger partial charge in [0.2, 0.25) is 15.9 Å². The molecule has 3 aromatic rings. The van der Waals surface area contributed by atoms with Gasteiger partial charge in [-0.05, 0) is 60.7 Å². The maximum absolute atomic E-state index is 13.4. The Morgan fingerprint density at radius 3 is 2.03 bits per heavy atom. The summed E-state index contributed by atoms with van der Waals surface area (Å²) >= 11 is 17.5. The lowest BCUT2D eigenvalue weighted by atomic mass is 10.3. The van der Waals surface area contributed by atoms with Crippen molar-refractivity contribution >= 4 is 77.8 Å². The van der Waals surface area contributed by atoms with Gasteiger partial charge in [-0.2, -0.15) is 0 Å². The molecule has 0 aliphatic rings. The van der Waals surface area contributed by atoms with Gasteiger partial charge in [0.15, 0.2) is 0 Å². The highest BCUT2D eigenvalue weighted by Gasteiger charge is 2.22. The van der Waals surface area contributed by atoms with Crippen LogP contribution in [-0.2, 0) is 24.8 Å². The van der Waals surface area contributed by atoms with E-state index in [2.05, 4.69) is 10.0 Å². The van der Waals surface area contributed by atoms with Gasteiger partial charge in [0.1, 0.15) is 12.4 Å². The Morgan fingerprint density at radius 1 is 0.886 bits per heavy atom. The quantitative estimate of drug-likeness (QED) is 0.390. The van der Waals surface area contributed by atoms with Crippen LogP contribution in [-0.4, -0.2) is 35.5 Å². The first-order valence-electron chi connectivity index (χ1n) is 9.56. The monoisotopic (exact) mass is 579 g/mol. The number of carbonyl (C=O) groups is 1. The molecule has 14 heteroatoms. The molecule has 2 N–H and O–H groups in total. The van der Waals surface area contributed by atoms with Crippen LogP contribution < -0.4 is 14.3 Å². The molecule has 0 saturated carbocycles. The van der Waals surface area contributed by atoms with E-state index in [4.69, 9.17) is 34.8 Å². The number of carbonyl (C=O) groups excluding carboxylic acids is 1. The smallest absolute Gasteiger partial charge is 0.261 e. The van der Waals surface area contributed by atoms with E-state index in [1.165, 1.54) is 48.5 Å². The molecule has 0 atom stereocenters. The van der Waals surface area contributed by atoms with Crippen molar-refractivity contribution in [3.8, 4) is 0 Å². The van der Waals surface area contributed by atoms with Gasteiger partial charge in [-0.15, -0.1) is 0 Å². The van der Waals surface area contributed by atoms with Gasteiger partial charge in [-0.25, -0.2) is 21.2 Å². The highest BCUT2D eigenvalue weighted by atomic mass is 35.5. The van der Waals surface area contributed by atoms with Crippen LogP contribution in [0.1, 0.15) is 0 Å². The van der Waals surface area contributed by atoms with Crippen molar-refractivity contribution in [1.29, 1.82) is 0 Å². The maximum Gasteiger partial charge on any atom is 0.261 e. The zero-order valence-electron chi connectivity index (χ0n) is 17.8. The van der Waals surface area contributed by atoms with E-state index in [1.54, 1.807) is 0 Å². The molecular weight excluding hydrogens is 564 g/mol. The fraction of sp³-hybridized carbons (Fsp3) is 0.0952. The molecule has 0 fully saturated rings. The molecule has 3 rings (SSSR count). The number of rotatable bonds is 8. The maximum atomic E-state index is 13.4. The Hall–Kier alpha value is -2.57. The largest absolute Gasteiger partial charge is 0.325 e. The molecule has 0 bridgehead atoms. The molecule has 0 spiro atoms. The van der Waals surface area contributed by atoms with Crippen LogP contribution in [0.5, 0.6) is 0 Å². The van der Waals surface area contributed by atoms with Crippen LogP contribution in [0.15, 0.2) is 65.6 Å². The first-order valence-corrected chi connectivity index (χ1v) is 14.0. The van der Waals surface area contributed by atoms with Gasteiger partial charge in [-0.3, -0.25) is 13.8 Å². The first kappa shape index (κ1) is 27.0. The fourth-order valence-electron chi connectivity index (χ4n) is 2.92. The Bertz CT molecular complexity index is 1460. The number of nitrogens with zero attached hydrogens (tertiary/aromatic N) is 1. The number of benzene rings is 3. The molecule has 35 heavy (non-hydrogen) atoms. The van der Waals surface area contributed by atoms with Crippen LogP contribution in [0.3, 0.4) is 0 Å². The van der Waals surface area contributed by atoms with Crippen molar-refractivity contribution in [1.82, 2.24) is 0 Å². The van der Waals surface area contributed by atoms with Crippen molar-refractivity contribution < 1.29 is 26.0 Å². The van der Waals surface area contributed by atoms with Crippen LogP contribution in [0.2, 0.25) is 15.1 Å². The van der Waals surface area contributed by atoms with Gasteiger partial charge >= 0.3 is 0 Å². The summed E-state index contributed by atoms with van der Waals surface area (Å²) in [5, 5.41) is 2.68. The molecule has 3 aromatic carbocycles. The Balaban J connectivity index is 1.73. The van der Waals surface area contributed by atoms with Gasteiger partial charge < -0.3 is 5.32 Å². The second-order valence-electron chi connectivity index (χ2n) is 7.20. The van der Waals surface area contributed by atoms with Crippen LogP contribution in [0, 0.1) is 5.82 Å². The predicted octanol–water partition coefficient (Wildman–Crippen LogP) is 4.99. The molecule has 0 radical (unpaired) electrons. The van der Waals surface area contributed by atoms with Crippen LogP contribution in [0.25, 0.3) is 0 Å². The number of hydrogen-bond donors (Lipinski definition) is 2. The zero-order valence-corrected chi connectivity index (χ0v) is 21.7. The van der Waals surface area contributed by atoms with Crippen molar-refractivity contribution in [3.63, 3.8) is 0 Å². The summed E-state index contributed by atoms with van der Waals surface area (Å²) in [7, 11) is -7.90. The Kier molecular flexibility index (Phi) is 8.17. The number of nitrogens with one attached hydrogen (secondary N) is 2. The number of amides is 1. The van der Waals surface area contributed by atoms with Crippen molar-refractivity contribution in [2.75, 3.05) is 27.1 Å². The van der Waals surface area contributed by atoms with E-state index in [-0.39, 0.29) is 37.0 Å². The third-order valence-corrected chi connectivity index (χ3v) is 7.71. The van der Waals surface area contributed by atoms with Crippen molar-refractivity contribution in [2.24, 2.45) is 0 Å². The van der Waals surface area contributed by atoms with Gasteiger partial charge in [0.25, 0.3) is 10.0 Å². The molecule has 1 amide bonds. The average molecular weight is 581 g/mol. The summed E-state index contributed by atoms with van der Waals surface area (Å²) in [6.45, 7) is -0.627. The normalized spacial score (nSPS) is 11.7. The van der Waals surface area contributed by atoms with Crippen molar-refractivity contribution in [2.45, 2.75) is 4.90 Å². The zero-order chi connectivity index (χ0) is 26.0. The Morgan fingerprint density at radius 2 is 1.49 bits per heavy atom. The second kappa shape index (κ2) is 10.6. The minimum atomic E-state index is -3.98. The first-order chi connectivity index (χ1) is 16.2. The van der Waals surface area contributed by atoms with Crippen LogP contribution >= 0.6 is 34.8 Å². The van der Waals surface area contributed by atoms with E-state index in [9.17, 15) is 26.0 Å². The summed E-state index contributed by atoms with van der Waals surface area (Å²) < 4.78 is 66.2. The number of sulfonamides is 2. The van der Waals surface area contributed by atoms with E-state index < -0.39 is 38.3 Å². The minimum Gasteiger partial charge on any atom is -0.325 e. The van der Waals surface area contributed by atoms with E-state index in [0.717, 1.165) is 22.7 Å². The SMILES string of the molecule is CS(=O)(=O)N(CC(=O)Nc1ccc(S(=O)(=O)Nc2cc(Cl)cc(Cl)c2)cc1)c1ccc(F)c(Cl)c1. The van der Waals surface area contributed by atoms with E-state index >= 15 is 0 Å². The van der Waals surface area contributed by atoms with Gasteiger partial charge in [0.05, 0.1) is 27.5 Å². The summed E-state index contributed by atoms with van der Waals surface area (Å²) in [6, 6.07) is 12.6. The highest BCUT2D eigenvalue weighted by Crippen LogP contribution is 2.26. The van der Waals surface area contributed by atoms with Crippen LogP contribution in [0.4, 0.5) is 21.5 Å². The lowest BCUT2D eigenvalue weighted by molar-refractivity contribution is -0.114. The summed E-state index contributed by atoms with van der Waals surface area (Å²) in [6.07, 6.45) is 0.886. The molecule has 8 nitrogen and oxygen atoms in total. The predicted molar refractivity (Wildman–Crippen MR) is 136 cm³/mol. The lowest BCUT2D eigenvalue weighted by Gasteiger charge is -2.22. The summed E-state index contributed by atoms with van der Waals surface area (Å²) in [4.78, 5) is 12.4. The van der Waals surface area contributed by atoms with E-state index in [1.807, 2.05) is 0 Å².